The molecule has 33 heavy (non-hydrogen) atoms. The molecule has 1 saturated heterocycles. The number of rotatable bonds is 4. The molecule has 3 fully saturated rings. The molecule has 4 heterocycles. The maximum Gasteiger partial charge on any atom is 0.391 e. The predicted octanol–water partition coefficient (Wildman–Crippen LogP) is 3.89. The van der Waals surface area contributed by atoms with E-state index < -0.39 is 12.1 Å². The van der Waals surface area contributed by atoms with Crippen molar-refractivity contribution < 1.29 is 17.9 Å². The summed E-state index contributed by atoms with van der Waals surface area (Å²) < 4.78 is 47.3. The van der Waals surface area contributed by atoms with E-state index in [9.17, 15) is 13.2 Å². The summed E-state index contributed by atoms with van der Waals surface area (Å²) in [5.74, 6) is -1.12. The van der Waals surface area contributed by atoms with Crippen molar-refractivity contribution in [3.63, 3.8) is 0 Å². The van der Waals surface area contributed by atoms with E-state index >= 15 is 0 Å². The second-order valence-corrected chi connectivity index (χ2v) is 9.29. The molecular formula is C22H24F3N7O. The third-order valence-electron chi connectivity index (χ3n) is 6.79. The van der Waals surface area contributed by atoms with Crippen LogP contribution in [-0.4, -0.2) is 55.6 Å². The summed E-state index contributed by atoms with van der Waals surface area (Å²) in [6.07, 6.45) is 3.51. The molecule has 0 unspecified atom stereocenters. The molecule has 3 aliphatic rings. The first-order valence-electron chi connectivity index (χ1n) is 11.3. The Kier molecular flexibility index (Phi) is 4.79. The summed E-state index contributed by atoms with van der Waals surface area (Å²) in [5.41, 5.74) is 3.19. The van der Waals surface area contributed by atoms with E-state index in [1.807, 2.05) is 28.9 Å². The van der Waals surface area contributed by atoms with Gasteiger partial charge >= 0.3 is 6.18 Å². The molecule has 0 spiro atoms. The Morgan fingerprint density at radius 1 is 1.09 bits per heavy atom. The average Bonchev–Trinajstić information content (AvgIpc) is 3.48. The lowest BCUT2D eigenvalue weighted by Crippen LogP contribution is -2.40. The van der Waals surface area contributed by atoms with Gasteiger partial charge in [0.25, 0.3) is 0 Å². The van der Waals surface area contributed by atoms with Gasteiger partial charge in [-0.15, -0.1) is 0 Å². The largest absolute Gasteiger partial charge is 0.391 e. The molecule has 1 aliphatic heterocycles. The number of halogens is 3. The molecule has 0 radical (unpaired) electrons. The Morgan fingerprint density at radius 2 is 1.91 bits per heavy atom. The number of nitrogens with zero attached hydrogens (tertiary/aromatic N) is 7. The standard InChI is InChI=1S/C22H24F3N7O/c1-12-8-26-19-18(13-6-15(7-13)22(23,24)25)29-21(30-20(19)28-12)31-4-5-33-17(11-31)14-9-27-32(10-14)16-2-3-16/h8-10,13,15-17H,2-7,11H2,1H3/t13?,15?,17-/m0/s1. The highest BCUT2D eigenvalue weighted by Gasteiger charge is 2.49. The zero-order valence-electron chi connectivity index (χ0n) is 18.2. The molecule has 0 amide bonds. The maximum absolute atomic E-state index is 13.1. The van der Waals surface area contributed by atoms with Gasteiger partial charge in [0.2, 0.25) is 5.95 Å². The molecule has 11 heteroatoms. The van der Waals surface area contributed by atoms with Crippen molar-refractivity contribution >= 4 is 17.1 Å². The smallest absolute Gasteiger partial charge is 0.370 e. The number of hydrogen-bond donors (Lipinski definition) is 0. The van der Waals surface area contributed by atoms with Crippen LogP contribution in [0.4, 0.5) is 19.1 Å². The number of aromatic nitrogens is 6. The first-order valence-corrected chi connectivity index (χ1v) is 11.3. The van der Waals surface area contributed by atoms with Crippen LogP contribution in [0.25, 0.3) is 11.2 Å². The second-order valence-electron chi connectivity index (χ2n) is 9.29. The van der Waals surface area contributed by atoms with Crippen molar-refractivity contribution in [1.29, 1.82) is 0 Å². The number of morpholine rings is 1. The van der Waals surface area contributed by atoms with Gasteiger partial charge in [-0.3, -0.25) is 4.68 Å². The number of hydrogen-bond acceptors (Lipinski definition) is 7. The van der Waals surface area contributed by atoms with Gasteiger partial charge < -0.3 is 9.64 Å². The van der Waals surface area contributed by atoms with Crippen molar-refractivity contribution in [2.45, 2.75) is 56.8 Å². The Hall–Kier alpha value is -2.82. The van der Waals surface area contributed by atoms with Crippen LogP contribution in [0.15, 0.2) is 18.6 Å². The van der Waals surface area contributed by atoms with E-state index in [0.29, 0.717) is 54.2 Å². The van der Waals surface area contributed by atoms with Crippen LogP contribution in [0, 0.1) is 12.8 Å². The number of aryl methyl sites for hydroxylation is 1. The third kappa shape index (κ3) is 3.92. The minimum absolute atomic E-state index is 0.0245. The van der Waals surface area contributed by atoms with Crippen LogP contribution in [-0.2, 0) is 4.74 Å². The van der Waals surface area contributed by atoms with Crippen LogP contribution >= 0.6 is 0 Å². The lowest BCUT2D eigenvalue weighted by Gasteiger charge is -2.37. The highest BCUT2D eigenvalue weighted by molar-refractivity contribution is 5.74. The molecule has 174 valence electrons. The zero-order chi connectivity index (χ0) is 22.7. The lowest BCUT2D eigenvalue weighted by molar-refractivity contribution is -0.197. The normalized spacial score (nSPS) is 25.9. The molecular weight excluding hydrogens is 435 g/mol. The van der Waals surface area contributed by atoms with Gasteiger partial charge in [0.05, 0.1) is 42.7 Å². The molecule has 3 aromatic heterocycles. The van der Waals surface area contributed by atoms with Crippen molar-refractivity contribution in [2.75, 3.05) is 24.6 Å². The monoisotopic (exact) mass is 459 g/mol. The molecule has 0 bridgehead atoms. The number of ether oxygens (including phenoxy) is 1. The van der Waals surface area contributed by atoms with Gasteiger partial charge in [-0.05, 0) is 32.6 Å². The topological polar surface area (TPSA) is 81.9 Å². The molecule has 2 saturated carbocycles. The van der Waals surface area contributed by atoms with Crippen LogP contribution in [0.2, 0.25) is 0 Å². The maximum atomic E-state index is 13.1. The van der Waals surface area contributed by atoms with E-state index in [1.54, 1.807) is 6.20 Å². The Balaban J connectivity index is 1.30. The number of alkyl halides is 3. The van der Waals surface area contributed by atoms with Gasteiger partial charge in [-0.1, -0.05) is 0 Å². The van der Waals surface area contributed by atoms with E-state index in [2.05, 4.69) is 20.1 Å². The minimum atomic E-state index is -4.17. The number of anilines is 1. The molecule has 3 aromatic rings. The first kappa shape index (κ1) is 20.8. The van der Waals surface area contributed by atoms with E-state index in [1.165, 1.54) is 0 Å². The summed E-state index contributed by atoms with van der Waals surface area (Å²) in [6, 6.07) is 0.495. The lowest BCUT2D eigenvalue weighted by atomic mass is 9.72. The minimum Gasteiger partial charge on any atom is -0.370 e. The van der Waals surface area contributed by atoms with E-state index in [4.69, 9.17) is 9.72 Å². The van der Waals surface area contributed by atoms with Crippen molar-refractivity contribution in [3.8, 4) is 0 Å². The average molecular weight is 459 g/mol. The highest BCUT2D eigenvalue weighted by Crippen LogP contribution is 2.50. The molecule has 2 aliphatic carbocycles. The summed E-state index contributed by atoms with van der Waals surface area (Å²) in [5, 5.41) is 4.46. The second kappa shape index (κ2) is 7.61. The molecule has 6 rings (SSSR count). The van der Waals surface area contributed by atoms with Gasteiger partial charge in [0, 0.05) is 30.4 Å². The Labute approximate surface area is 188 Å². The van der Waals surface area contributed by atoms with Crippen LogP contribution in [0.3, 0.4) is 0 Å². The van der Waals surface area contributed by atoms with Crippen LogP contribution < -0.4 is 4.90 Å². The van der Waals surface area contributed by atoms with Crippen molar-refractivity contribution in [3.05, 3.63) is 35.5 Å². The van der Waals surface area contributed by atoms with Gasteiger partial charge in [0.1, 0.15) is 11.6 Å². The number of fused-ring (bicyclic) bond motifs is 1. The highest BCUT2D eigenvalue weighted by atomic mass is 19.4. The summed E-state index contributed by atoms with van der Waals surface area (Å²) in [6.45, 7) is 3.44. The summed E-state index contributed by atoms with van der Waals surface area (Å²) >= 11 is 0. The molecule has 8 nitrogen and oxygen atoms in total. The molecule has 0 aromatic carbocycles. The van der Waals surface area contributed by atoms with Gasteiger partial charge in [-0.25, -0.2) is 15.0 Å². The van der Waals surface area contributed by atoms with E-state index in [-0.39, 0.29) is 24.9 Å². The van der Waals surface area contributed by atoms with Gasteiger partial charge in [-0.2, -0.15) is 23.3 Å². The zero-order valence-corrected chi connectivity index (χ0v) is 18.2. The predicted molar refractivity (Wildman–Crippen MR) is 113 cm³/mol. The van der Waals surface area contributed by atoms with Crippen molar-refractivity contribution in [1.82, 2.24) is 29.7 Å². The SMILES string of the molecule is Cc1cnc2c(C3CC(C(F)(F)F)C3)nc(N3CCO[C@H](c4cnn(C5CC5)c4)C3)nc2n1. The van der Waals surface area contributed by atoms with Gasteiger partial charge in [0.15, 0.2) is 5.65 Å². The van der Waals surface area contributed by atoms with Crippen molar-refractivity contribution in [2.24, 2.45) is 5.92 Å². The fourth-order valence-electron chi connectivity index (χ4n) is 4.63. The molecule has 1 atom stereocenters. The van der Waals surface area contributed by atoms with Crippen LogP contribution in [0.1, 0.15) is 60.7 Å². The fraction of sp³-hybridized carbons (Fsp3) is 0.591. The quantitative estimate of drug-likeness (QED) is 0.585. The summed E-state index contributed by atoms with van der Waals surface area (Å²) in [4.78, 5) is 20.3. The Morgan fingerprint density at radius 3 is 2.67 bits per heavy atom. The van der Waals surface area contributed by atoms with Crippen LogP contribution in [0.5, 0.6) is 0 Å². The fourth-order valence-corrected chi connectivity index (χ4v) is 4.63. The third-order valence-corrected chi connectivity index (χ3v) is 6.79. The van der Waals surface area contributed by atoms with E-state index in [0.717, 1.165) is 18.4 Å². The first-order chi connectivity index (χ1) is 15.8. The summed E-state index contributed by atoms with van der Waals surface area (Å²) in [7, 11) is 0. The Bertz CT molecular complexity index is 1190. The molecule has 0 N–H and O–H groups in total.